The van der Waals surface area contributed by atoms with Crippen LogP contribution in [0.3, 0.4) is 0 Å². The molecule has 0 fully saturated rings. The highest BCUT2D eigenvalue weighted by Gasteiger charge is 2.17. The molecule has 2 rings (SSSR count). The first kappa shape index (κ1) is 18.1. The Balaban J connectivity index is 1.92. The van der Waals surface area contributed by atoms with E-state index in [1.807, 2.05) is 12.1 Å². The van der Waals surface area contributed by atoms with Crippen molar-refractivity contribution >= 4 is 40.6 Å². The number of hydrogen-bond acceptors (Lipinski definition) is 5. The van der Waals surface area contributed by atoms with Gasteiger partial charge in [-0.25, -0.2) is 0 Å². The molecule has 0 unspecified atom stereocenters. The molecule has 0 radical (unpaired) electrons. The first-order chi connectivity index (χ1) is 11.5. The molecule has 0 saturated carbocycles. The molecule has 2 aromatic rings. The molecule has 0 aliphatic heterocycles. The SMILES string of the molecule is COc1ccc(NC(=O)CCSc2ccc(Cl)cc2)c([N+](=O)[O-])c1. The van der Waals surface area contributed by atoms with Crippen molar-refractivity contribution in [2.24, 2.45) is 0 Å². The van der Waals surface area contributed by atoms with Gasteiger partial charge < -0.3 is 10.1 Å². The summed E-state index contributed by atoms with van der Waals surface area (Å²) in [4.78, 5) is 23.5. The van der Waals surface area contributed by atoms with Crippen molar-refractivity contribution in [2.45, 2.75) is 11.3 Å². The summed E-state index contributed by atoms with van der Waals surface area (Å²) < 4.78 is 4.96. The van der Waals surface area contributed by atoms with Crippen molar-refractivity contribution in [3.05, 3.63) is 57.6 Å². The average molecular weight is 367 g/mol. The molecular weight excluding hydrogens is 352 g/mol. The third-order valence-corrected chi connectivity index (χ3v) is 4.35. The standard InChI is InChI=1S/C16H15ClN2O4S/c1-23-12-4-7-14(15(10-12)19(21)22)18-16(20)8-9-24-13-5-2-11(17)3-6-13/h2-7,10H,8-9H2,1H3,(H,18,20). The van der Waals surface area contributed by atoms with E-state index in [4.69, 9.17) is 16.3 Å². The summed E-state index contributed by atoms with van der Waals surface area (Å²) >= 11 is 7.32. The summed E-state index contributed by atoms with van der Waals surface area (Å²) in [5.41, 5.74) is -0.0460. The van der Waals surface area contributed by atoms with Crippen molar-refractivity contribution in [2.75, 3.05) is 18.2 Å². The largest absolute Gasteiger partial charge is 0.496 e. The normalized spacial score (nSPS) is 10.2. The van der Waals surface area contributed by atoms with Gasteiger partial charge in [-0.1, -0.05) is 11.6 Å². The second-order valence-electron chi connectivity index (χ2n) is 4.74. The Morgan fingerprint density at radius 2 is 2.00 bits per heavy atom. The van der Waals surface area contributed by atoms with E-state index < -0.39 is 4.92 Å². The van der Waals surface area contributed by atoms with Crippen LogP contribution < -0.4 is 10.1 Å². The maximum Gasteiger partial charge on any atom is 0.296 e. The number of thioether (sulfide) groups is 1. The van der Waals surface area contributed by atoms with Crippen molar-refractivity contribution in [1.29, 1.82) is 0 Å². The fourth-order valence-electron chi connectivity index (χ4n) is 1.90. The van der Waals surface area contributed by atoms with Crippen LogP contribution in [0.25, 0.3) is 0 Å². The highest BCUT2D eigenvalue weighted by atomic mass is 35.5. The van der Waals surface area contributed by atoms with E-state index in [1.54, 1.807) is 18.2 Å². The summed E-state index contributed by atoms with van der Waals surface area (Å²) in [7, 11) is 1.42. The Kier molecular flexibility index (Phi) is 6.45. The molecule has 0 aliphatic rings. The Morgan fingerprint density at radius 1 is 1.29 bits per heavy atom. The molecule has 0 aliphatic carbocycles. The second kappa shape index (κ2) is 8.56. The van der Waals surface area contributed by atoms with E-state index in [-0.39, 0.29) is 23.7 Å². The zero-order valence-electron chi connectivity index (χ0n) is 12.8. The molecule has 1 N–H and O–H groups in total. The maximum atomic E-state index is 12.0. The highest BCUT2D eigenvalue weighted by Crippen LogP contribution is 2.29. The van der Waals surface area contributed by atoms with Crippen LogP contribution in [0.1, 0.15) is 6.42 Å². The number of benzene rings is 2. The number of amides is 1. The molecule has 6 nitrogen and oxygen atoms in total. The van der Waals surface area contributed by atoms with Crippen LogP contribution in [0.4, 0.5) is 11.4 Å². The van der Waals surface area contributed by atoms with Crippen molar-refractivity contribution in [1.82, 2.24) is 0 Å². The molecular formula is C16H15ClN2O4S. The van der Waals surface area contributed by atoms with Gasteiger partial charge in [-0.15, -0.1) is 11.8 Å². The zero-order valence-corrected chi connectivity index (χ0v) is 14.4. The number of nitrogens with zero attached hydrogens (tertiary/aromatic N) is 1. The maximum absolute atomic E-state index is 12.0. The first-order valence-corrected chi connectivity index (χ1v) is 8.36. The van der Waals surface area contributed by atoms with E-state index in [0.717, 1.165) is 4.90 Å². The van der Waals surface area contributed by atoms with Gasteiger partial charge in [0, 0.05) is 22.1 Å². The van der Waals surface area contributed by atoms with E-state index in [2.05, 4.69) is 5.32 Å². The lowest BCUT2D eigenvalue weighted by atomic mass is 10.2. The minimum atomic E-state index is -0.555. The molecule has 0 atom stereocenters. The van der Waals surface area contributed by atoms with Gasteiger partial charge in [-0.05, 0) is 36.4 Å². The summed E-state index contributed by atoms with van der Waals surface area (Å²) in [6.07, 6.45) is 0.233. The number of nitro benzene ring substituents is 1. The lowest BCUT2D eigenvalue weighted by Gasteiger charge is -2.07. The quantitative estimate of drug-likeness (QED) is 0.447. The first-order valence-electron chi connectivity index (χ1n) is 7.00. The highest BCUT2D eigenvalue weighted by molar-refractivity contribution is 7.99. The number of rotatable bonds is 7. The van der Waals surface area contributed by atoms with Crippen LogP contribution in [-0.4, -0.2) is 23.7 Å². The number of halogens is 1. The lowest BCUT2D eigenvalue weighted by molar-refractivity contribution is -0.384. The van der Waals surface area contributed by atoms with Gasteiger partial charge in [-0.3, -0.25) is 14.9 Å². The third-order valence-electron chi connectivity index (χ3n) is 3.09. The van der Waals surface area contributed by atoms with Crippen LogP contribution in [0.15, 0.2) is 47.4 Å². The van der Waals surface area contributed by atoms with Crippen molar-refractivity contribution < 1.29 is 14.5 Å². The molecule has 0 saturated heterocycles. The molecule has 2 aromatic carbocycles. The minimum Gasteiger partial charge on any atom is -0.496 e. The fourth-order valence-corrected chi connectivity index (χ4v) is 2.88. The van der Waals surface area contributed by atoms with Crippen LogP contribution in [0.2, 0.25) is 5.02 Å². The number of carbonyl (C=O) groups excluding carboxylic acids is 1. The van der Waals surface area contributed by atoms with Crippen LogP contribution in [0.5, 0.6) is 5.75 Å². The number of ether oxygens (including phenoxy) is 1. The monoisotopic (exact) mass is 366 g/mol. The minimum absolute atomic E-state index is 0.155. The molecule has 0 aromatic heterocycles. The van der Waals surface area contributed by atoms with Crippen molar-refractivity contribution in [3.8, 4) is 5.75 Å². The number of nitrogens with one attached hydrogen (secondary N) is 1. The molecule has 0 spiro atoms. The third kappa shape index (κ3) is 5.14. The number of hydrogen-bond donors (Lipinski definition) is 1. The predicted molar refractivity (Wildman–Crippen MR) is 95.1 cm³/mol. The fraction of sp³-hybridized carbons (Fsp3) is 0.188. The number of nitro groups is 1. The summed E-state index contributed by atoms with van der Waals surface area (Å²) in [6, 6.07) is 11.6. The van der Waals surface area contributed by atoms with Gasteiger partial charge in [-0.2, -0.15) is 0 Å². The number of carbonyl (C=O) groups is 1. The zero-order chi connectivity index (χ0) is 17.5. The van der Waals surface area contributed by atoms with Gasteiger partial charge in [0.25, 0.3) is 5.69 Å². The van der Waals surface area contributed by atoms with E-state index >= 15 is 0 Å². The van der Waals surface area contributed by atoms with Crippen molar-refractivity contribution in [3.63, 3.8) is 0 Å². The van der Waals surface area contributed by atoms with Gasteiger partial charge >= 0.3 is 0 Å². The van der Waals surface area contributed by atoms with Gasteiger partial charge in [0.15, 0.2) is 0 Å². The van der Waals surface area contributed by atoms with E-state index in [0.29, 0.717) is 16.5 Å². The van der Waals surface area contributed by atoms with Crippen LogP contribution in [-0.2, 0) is 4.79 Å². The number of methoxy groups -OCH3 is 1. The smallest absolute Gasteiger partial charge is 0.296 e. The molecule has 1 amide bonds. The molecule has 0 heterocycles. The molecule has 24 heavy (non-hydrogen) atoms. The van der Waals surface area contributed by atoms with Gasteiger partial charge in [0.2, 0.25) is 5.91 Å². The molecule has 8 heteroatoms. The summed E-state index contributed by atoms with van der Waals surface area (Å²) in [6.45, 7) is 0. The Morgan fingerprint density at radius 3 is 2.62 bits per heavy atom. The molecule has 126 valence electrons. The molecule has 0 bridgehead atoms. The average Bonchev–Trinajstić information content (AvgIpc) is 2.57. The van der Waals surface area contributed by atoms with Crippen LogP contribution >= 0.6 is 23.4 Å². The second-order valence-corrected chi connectivity index (χ2v) is 6.35. The Bertz CT molecular complexity index is 737. The predicted octanol–water partition coefficient (Wildman–Crippen LogP) is 4.38. The topological polar surface area (TPSA) is 81.5 Å². The summed E-state index contributed by atoms with van der Waals surface area (Å²) in [5, 5.41) is 14.3. The van der Waals surface area contributed by atoms with Crippen LogP contribution in [0, 0.1) is 10.1 Å². The van der Waals surface area contributed by atoms with Gasteiger partial charge in [0.1, 0.15) is 11.4 Å². The summed E-state index contributed by atoms with van der Waals surface area (Å²) in [5.74, 6) is 0.625. The Labute approximate surface area is 148 Å². The van der Waals surface area contributed by atoms with E-state index in [1.165, 1.54) is 31.0 Å². The number of anilines is 1. The lowest BCUT2D eigenvalue weighted by Crippen LogP contribution is -2.13. The Hall–Kier alpha value is -2.25. The van der Waals surface area contributed by atoms with E-state index in [9.17, 15) is 14.9 Å². The van der Waals surface area contributed by atoms with Gasteiger partial charge in [0.05, 0.1) is 18.1 Å².